The van der Waals surface area contributed by atoms with Gasteiger partial charge in [0.05, 0.1) is 6.20 Å². The number of aryl methyl sites for hydroxylation is 2. The van der Waals surface area contributed by atoms with Gasteiger partial charge in [-0.05, 0) is 48.4 Å². The van der Waals surface area contributed by atoms with Gasteiger partial charge in [0, 0.05) is 42.1 Å². The molecular weight excluding hydrogens is 332 g/mol. The maximum absolute atomic E-state index is 6.32. The third kappa shape index (κ3) is 4.23. The molecule has 0 spiro atoms. The summed E-state index contributed by atoms with van der Waals surface area (Å²) in [6.07, 6.45) is 9.53. The molecule has 0 bridgehead atoms. The van der Waals surface area contributed by atoms with Gasteiger partial charge in [-0.1, -0.05) is 42.0 Å². The molecule has 0 aliphatic carbocycles. The number of nitrogens with zero attached hydrogens (tertiary/aromatic N) is 3. The molecule has 0 aliphatic heterocycles. The first-order valence-corrected chi connectivity index (χ1v) is 9.35. The number of fused-ring (bicyclic) bond motifs is 1. The standard InChI is InChI=1S/C23H24N4/c1-17-2-4-18(5-3-17)12-23(24)9-11-27-16-22(15-26-27)19-6-7-21-14-25-10-8-20(21)13-19/h2-8,10,13-16,23H,9,11-12,24H2,1H3/t23-/m1/s1. The highest BCUT2D eigenvalue weighted by molar-refractivity contribution is 5.86. The highest BCUT2D eigenvalue weighted by atomic mass is 15.3. The van der Waals surface area contributed by atoms with Crippen molar-refractivity contribution in [2.45, 2.75) is 32.4 Å². The molecule has 1 atom stereocenters. The van der Waals surface area contributed by atoms with Gasteiger partial charge in [0.25, 0.3) is 0 Å². The van der Waals surface area contributed by atoms with E-state index in [-0.39, 0.29) is 6.04 Å². The molecule has 2 aromatic heterocycles. The molecule has 0 unspecified atom stereocenters. The summed E-state index contributed by atoms with van der Waals surface area (Å²) in [5, 5.41) is 6.85. The SMILES string of the molecule is Cc1ccc(C[C@H](N)CCn2cc(-c3ccc4cnccc4c3)cn2)cc1. The molecule has 2 N–H and O–H groups in total. The summed E-state index contributed by atoms with van der Waals surface area (Å²) in [5.74, 6) is 0. The molecule has 136 valence electrons. The van der Waals surface area contributed by atoms with E-state index in [1.54, 1.807) is 0 Å². The Morgan fingerprint density at radius 2 is 1.81 bits per heavy atom. The van der Waals surface area contributed by atoms with Crippen LogP contribution >= 0.6 is 0 Å². The summed E-state index contributed by atoms with van der Waals surface area (Å²) < 4.78 is 1.99. The lowest BCUT2D eigenvalue weighted by Gasteiger charge is -2.12. The van der Waals surface area contributed by atoms with Gasteiger partial charge in [0.15, 0.2) is 0 Å². The van der Waals surface area contributed by atoms with E-state index in [0.717, 1.165) is 30.3 Å². The van der Waals surface area contributed by atoms with Crippen molar-refractivity contribution in [3.05, 3.63) is 84.4 Å². The van der Waals surface area contributed by atoms with Gasteiger partial charge >= 0.3 is 0 Å². The van der Waals surface area contributed by atoms with E-state index in [1.165, 1.54) is 22.1 Å². The predicted octanol–water partition coefficient (Wildman–Crippen LogP) is 4.37. The summed E-state index contributed by atoms with van der Waals surface area (Å²) >= 11 is 0. The molecule has 2 heterocycles. The summed E-state index contributed by atoms with van der Waals surface area (Å²) in [6.45, 7) is 2.93. The van der Waals surface area contributed by atoms with Crippen molar-refractivity contribution >= 4 is 10.8 Å². The first kappa shape index (κ1) is 17.4. The van der Waals surface area contributed by atoms with Gasteiger partial charge in [0.2, 0.25) is 0 Å². The van der Waals surface area contributed by atoms with Crippen LogP contribution in [0.15, 0.2) is 73.3 Å². The monoisotopic (exact) mass is 356 g/mol. The Bertz CT molecular complexity index is 1030. The Morgan fingerprint density at radius 1 is 0.963 bits per heavy atom. The van der Waals surface area contributed by atoms with E-state index in [2.05, 4.69) is 65.7 Å². The number of benzene rings is 2. The van der Waals surface area contributed by atoms with E-state index < -0.39 is 0 Å². The zero-order chi connectivity index (χ0) is 18.6. The van der Waals surface area contributed by atoms with Gasteiger partial charge < -0.3 is 5.73 Å². The number of rotatable bonds is 6. The van der Waals surface area contributed by atoms with Crippen LogP contribution in [0.2, 0.25) is 0 Å². The van der Waals surface area contributed by atoms with Crippen LogP contribution in [-0.2, 0) is 13.0 Å². The molecule has 4 nitrogen and oxygen atoms in total. The minimum atomic E-state index is 0.133. The van der Waals surface area contributed by atoms with Crippen LogP contribution in [0.1, 0.15) is 17.5 Å². The van der Waals surface area contributed by atoms with Crippen molar-refractivity contribution < 1.29 is 0 Å². The molecule has 2 aromatic carbocycles. The number of pyridine rings is 1. The number of hydrogen-bond donors (Lipinski definition) is 1. The molecule has 0 saturated heterocycles. The predicted molar refractivity (Wildman–Crippen MR) is 110 cm³/mol. The van der Waals surface area contributed by atoms with Crippen LogP contribution in [0, 0.1) is 6.92 Å². The van der Waals surface area contributed by atoms with Crippen molar-refractivity contribution in [2.75, 3.05) is 0 Å². The fourth-order valence-corrected chi connectivity index (χ4v) is 3.32. The molecule has 4 aromatic rings. The molecular formula is C23H24N4. The van der Waals surface area contributed by atoms with E-state index in [1.807, 2.05) is 29.3 Å². The number of hydrogen-bond acceptors (Lipinski definition) is 3. The van der Waals surface area contributed by atoms with Gasteiger partial charge in [0.1, 0.15) is 0 Å². The lowest BCUT2D eigenvalue weighted by Crippen LogP contribution is -2.24. The second-order valence-corrected chi connectivity index (χ2v) is 7.17. The minimum Gasteiger partial charge on any atom is -0.327 e. The smallest absolute Gasteiger partial charge is 0.0568 e. The van der Waals surface area contributed by atoms with Crippen molar-refractivity contribution in [1.82, 2.24) is 14.8 Å². The maximum Gasteiger partial charge on any atom is 0.0568 e. The van der Waals surface area contributed by atoms with Crippen molar-refractivity contribution in [3.8, 4) is 11.1 Å². The fourth-order valence-electron chi connectivity index (χ4n) is 3.32. The number of aromatic nitrogens is 3. The molecule has 4 heteroatoms. The van der Waals surface area contributed by atoms with E-state index >= 15 is 0 Å². The maximum atomic E-state index is 6.32. The second-order valence-electron chi connectivity index (χ2n) is 7.17. The highest BCUT2D eigenvalue weighted by Gasteiger charge is 2.07. The molecule has 0 fully saturated rings. The summed E-state index contributed by atoms with van der Waals surface area (Å²) in [4.78, 5) is 4.17. The van der Waals surface area contributed by atoms with Crippen molar-refractivity contribution in [1.29, 1.82) is 0 Å². The minimum absolute atomic E-state index is 0.133. The zero-order valence-corrected chi connectivity index (χ0v) is 15.5. The van der Waals surface area contributed by atoms with Crippen LogP contribution in [0.25, 0.3) is 21.9 Å². The molecule has 0 amide bonds. The molecule has 27 heavy (non-hydrogen) atoms. The van der Waals surface area contributed by atoms with Crippen molar-refractivity contribution in [3.63, 3.8) is 0 Å². The Morgan fingerprint density at radius 3 is 2.67 bits per heavy atom. The highest BCUT2D eigenvalue weighted by Crippen LogP contribution is 2.23. The van der Waals surface area contributed by atoms with Crippen LogP contribution < -0.4 is 5.73 Å². The van der Waals surface area contributed by atoms with Gasteiger partial charge in [-0.15, -0.1) is 0 Å². The summed E-state index contributed by atoms with van der Waals surface area (Å²) in [6, 6.07) is 17.2. The van der Waals surface area contributed by atoms with Gasteiger partial charge in [-0.25, -0.2) is 0 Å². The van der Waals surface area contributed by atoms with Gasteiger partial charge in [-0.3, -0.25) is 9.67 Å². The lowest BCUT2D eigenvalue weighted by atomic mass is 10.0. The second kappa shape index (κ2) is 7.72. The van der Waals surface area contributed by atoms with Crippen LogP contribution in [0.5, 0.6) is 0 Å². The Labute approximate surface area is 159 Å². The first-order chi connectivity index (χ1) is 13.2. The summed E-state index contributed by atoms with van der Waals surface area (Å²) in [5.41, 5.74) is 11.2. The Hall–Kier alpha value is -2.98. The third-order valence-electron chi connectivity index (χ3n) is 4.95. The van der Waals surface area contributed by atoms with Crippen LogP contribution in [0.3, 0.4) is 0 Å². The quantitative estimate of drug-likeness (QED) is 0.558. The Kier molecular flexibility index (Phi) is 4.99. The lowest BCUT2D eigenvalue weighted by molar-refractivity contribution is 0.507. The molecule has 0 radical (unpaired) electrons. The average molecular weight is 356 g/mol. The summed E-state index contributed by atoms with van der Waals surface area (Å²) in [7, 11) is 0. The van der Waals surface area contributed by atoms with Crippen LogP contribution in [0.4, 0.5) is 0 Å². The normalized spacial score (nSPS) is 12.4. The largest absolute Gasteiger partial charge is 0.327 e. The van der Waals surface area contributed by atoms with Crippen LogP contribution in [-0.4, -0.2) is 20.8 Å². The average Bonchev–Trinajstić information content (AvgIpc) is 3.17. The third-order valence-corrected chi connectivity index (χ3v) is 4.95. The molecule has 0 saturated carbocycles. The molecule has 0 aliphatic rings. The molecule has 4 rings (SSSR count). The Balaban J connectivity index is 1.39. The van der Waals surface area contributed by atoms with E-state index in [4.69, 9.17) is 5.73 Å². The van der Waals surface area contributed by atoms with Crippen molar-refractivity contribution in [2.24, 2.45) is 5.73 Å². The van der Waals surface area contributed by atoms with E-state index in [9.17, 15) is 0 Å². The zero-order valence-electron chi connectivity index (χ0n) is 15.5. The number of nitrogens with two attached hydrogens (primary N) is 1. The topological polar surface area (TPSA) is 56.7 Å². The first-order valence-electron chi connectivity index (χ1n) is 9.35. The van der Waals surface area contributed by atoms with E-state index in [0.29, 0.717) is 0 Å². The van der Waals surface area contributed by atoms with Gasteiger partial charge in [-0.2, -0.15) is 5.10 Å². The fraction of sp³-hybridized carbons (Fsp3) is 0.217.